The number of aromatic nitrogens is 1. The van der Waals surface area contributed by atoms with Gasteiger partial charge < -0.3 is 18.5 Å². The second-order valence-corrected chi connectivity index (χ2v) is 18.3. The molecule has 0 saturated heterocycles. The van der Waals surface area contributed by atoms with E-state index in [1.165, 1.54) is 61.1 Å². The Hall–Kier alpha value is -6.89. The Balaban J connectivity index is 1.20. The third-order valence-electron chi connectivity index (χ3n) is 12.8. The Kier molecular flexibility index (Phi) is 6.99. The van der Waals surface area contributed by atoms with Crippen LogP contribution in [0.15, 0.2) is 184 Å². The molecule has 5 heterocycles. The summed E-state index contributed by atoms with van der Waals surface area (Å²) in [6.07, 6.45) is 0. The first-order chi connectivity index (χ1) is 29.4. The summed E-state index contributed by atoms with van der Waals surface area (Å²) in [4.78, 5) is 4.78. The molecular weight excluding hydrogens is 751 g/mol. The fraction of sp³-hybridized carbons (Fsp3) is 0.0741. The molecule has 0 N–H and O–H groups in total. The van der Waals surface area contributed by atoms with Crippen molar-refractivity contribution in [3.63, 3.8) is 0 Å². The summed E-state index contributed by atoms with van der Waals surface area (Å²) in [5.74, 6) is 1.77. The molecule has 3 aliphatic rings. The van der Waals surface area contributed by atoms with Crippen LogP contribution in [0, 0.1) is 0 Å². The van der Waals surface area contributed by atoms with Crippen molar-refractivity contribution in [3.8, 4) is 44.9 Å². The topological polar surface area (TPSA) is 30.5 Å². The van der Waals surface area contributed by atoms with E-state index in [-0.39, 0.29) is 12.3 Å². The fourth-order valence-corrected chi connectivity index (χ4v) is 11.0. The first-order valence-electron chi connectivity index (χ1n) is 20.7. The van der Waals surface area contributed by atoms with Crippen LogP contribution < -0.4 is 20.6 Å². The van der Waals surface area contributed by atoms with Crippen molar-refractivity contribution in [2.45, 2.75) is 36.0 Å². The largest absolute Gasteiger partial charge is 0.455 e. The molecule has 6 heteroatoms. The first kappa shape index (κ1) is 34.0. The van der Waals surface area contributed by atoms with Gasteiger partial charge in [0.05, 0.1) is 21.0 Å². The van der Waals surface area contributed by atoms with Gasteiger partial charge in [0.15, 0.2) is 5.58 Å². The van der Waals surface area contributed by atoms with Gasteiger partial charge in [0.2, 0.25) is 0 Å². The lowest BCUT2D eigenvalue weighted by atomic mass is 9.45. The number of rotatable bonds is 3. The van der Waals surface area contributed by atoms with Crippen LogP contribution in [0.25, 0.3) is 66.4 Å². The van der Waals surface area contributed by atoms with Gasteiger partial charge in [0.25, 0.3) is 0 Å². The number of ether oxygens (including phenoxy) is 1. The highest BCUT2D eigenvalue weighted by atomic mass is 32.2. The van der Waals surface area contributed by atoms with Crippen LogP contribution >= 0.6 is 11.8 Å². The molecule has 13 rings (SSSR count). The van der Waals surface area contributed by atoms with Crippen LogP contribution in [-0.2, 0) is 5.41 Å². The van der Waals surface area contributed by atoms with Crippen molar-refractivity contribution in [2.75, 3.05) is 4.90 Å². The minimum Gasteiger partial charge on any atom is -0.455 e. The summed E-state index contributed by atoms with van der Waals surface area (Å²) in [5, 5.41) is 2.25. The summed E-state index contributed by atoms with van der Waals surface area (Å²) < 4.78 is 16.2. The van der Waals surface area contributed by atoms with E-state index in [0.29, 0.717) is 0 Å². The number of hydrogen-bond acceptors (Lipinski definition) is 4. The van der Waals surface area contributed by atoms with E-state index in [0.717, 1.165) is 60.1 Å². The molecule has 8 aromatic carbocycles. The van der Waals surface area contributed by atoms with Gasteiger partial charge in [-0.1, -0.05) is 136 Å². The predicted molar refractivity (Wildman–Crippen MR) is 250 cm³/mol. The molecule has 0 spiro atoms. The molecule has 284 valence electrons. The van der Waals surface area contributed by atoms with Crippen molar-refractivity contribution in [2.24, 2.45) is 0 Å². The molecule has 4 nitrogen and oxygen atoms in total. The Morgan fingerprint density at radius 2 is 1.27 bits per heavy atom. The zero-order valence-electron chi connectivity index (χ0n) is 33.4. The second kappa shape index (κ2) is 12.3. The molecular formula is C54H37BN2O2S. The van der Waals surface area contributed by atoms with Crippen molar-refractivity contribution in [1.82, 2.24) is 4.48 Å². The van der Waals surface area contributed by atoms with E-state index in [1.807, 2.05) is 0 Å². The number of para-hydroxylation sites is 3. The summed E-state index contributed by atoms with van der Waals surface area (Å²) >= 11 is 1.78. The van der Waals surface area contributed by atoms with Gasteiger partial charge in [-0.2, -0.15) is 0 Å². The Bertz CT molecular complexity index is 3430. The SMILES string of the molecule is CC(C)(C)c1ccc(N2c3cc4c(cc3B3c5c(cc(-c6ccccc6)cc52)-c2cccc5c6oc7ccccc7c6n3c25)Oc2ccccc2S4)c(-c2ccccc2)c1. The highest BCUT2D eigenvalue weighted by Gasteiger charge is 2.45. The van der Waals surface area contributed by atoms with Crippen molar-refractivity contribution >= 4 is 79.6 Å². The minimum absolute atomic E-state index is 0.0396. The maximum Gasteiger partial charge on any atom is 0.333 e. The molecule has 0 unspecified atom stereocenters. The quantitative estimate of drug-likeness (QED) is 0.167. The maximum atomic E-state index is 6.84. The Morgan fingerprint density at radius 3 is 2.10 bits per heavy atom. The Morgan fingerprint density at radius 1 is 0.517 bits per heavy atom. The summed E-state index contributed by atoms with van der Waals surface area (Å²) in [5.41, 5.74) is 18.5. The fourth-order valence-electron chi connectivity index (χ4n) is 10.0. The maximum absolute atomic E-state index is 6.84. The molecule has 3 aliphatic heterocycles. The van der Waals surface area contributed by atoms with Crippen LogP contribution in [0.5, 0.6) is 11.5 Å². The summed E-state index contributed by atoms with van der Waals surface area (Å²) in [6, 6.07) is 62.0. The number of nitrogens with zero attached hydrogens (tertiary/aromatic N) is 2. The van der Waals surface area contributed by atoms with Gasteiger partial charge in [-0.3, -0.25) is 0 Å². The third kappa shape index (κ3) is 4.77. The predicted octanol–water partition coefficient (Wildman–Crippen LogP) is 13.8. The Labute approximate surface area is 352 Å². The number of anilines is 3. The smallest absolute Gasteiger partial charge is 0.333 e. The zero-order valence-corrected chi connectivity index (χ0v) is 34.2. The van der Waals surface area contributed by atoms with E-state index < -0.39 is 0 Å². The summed E-state index contributed by atoms with van der Waals surface area (Å²) in [7, 11) is 0. The van der Waals surface area contributed by atoms with Crippen molar-refractivity contribution < 1.29 is 9.15 Å². The van der Waals surface area contributed by atoms with Gasteiger partial charge in [-0.15, -0.1) is 0 Å². The van der Waals surface area contributed by atoms with Gasteiger partial charge >= 0.3 is 6.85 Å². The van der Waals surface area contributed by atoms with Gasteiger partial charge in [0.1, 0.15) is 17.1 Å². The molecule has 0 aliphatic carbocycles. The lowest BCUT2D eigenvalue weighted by molar-refractivity contribution is 0.455. The van der Waals surface area contributed by atoms with Crippen LogP contribution in [0.4, 0.5) is 17.1 Å². The molecule has 2 aromatic heterocycles. The number of furan rings is 1. The van der Waals surface area contributed by atoms with Gasteiger partial charge in [-0.25, -0.2) is 0 Å². The van der Waals surface area contributed by atoms with Gasteiger partial charge in [-0.05, 0) is 111 Å². The third-order valence-corrected chi connectivity index (χ3v) is 13.9. The number of hydrogen-bond donors (Lipinski definition) is 0. The van der Waals surface area contributed by atoms with E-state index >= 15 is 0 Å². The van der Waals surface area contributed by atoms with E-state index in [9.17, 15) is 0 Å². The highest BCUT2D eigenvalue weighted by molar-refractivity contribution is 7.99. The van der Waals surface area contributed by atoms with Crippen molar-refractivity contribution in [1.29, 1.82) is 0 Å². The molecule has 0 saturated carbocycles. The molecule has 0 radical (unpaired) electrons. The van der Waals surface area contributed by atoms with E-state index in [2.05, 4.69) is 200 Å². The van der Waals surface area contributed by atoms with Crippen LogP contribution in [0.2, 0.25) is 0 Å². The number of benzene rings is 8. The molecule has 0 fully saturated rings. The minimum atomic E-state index is -0.174. The normalized spacial score (nSPS) is 13.6. The highest BCUT2D eigenvalue weighted by Crippen LogP contribution is 2.53. The molecule has 60 heavy (non-hydrogen) atoms. The van der Waals surface area contributed by atoms with Gasteiger partial charge in [0, 0.05) is 38.8 Å². The average molecular weight is 789 g/mol. The average Bonchev–Trinajstić information content (AvgIpc) is 3.82. The first-order valence-corrected chi connectivity index (χ1v) is 21.5. The van der Waals surface area contributed by atoms with Crippen LogP contribution in [0.3, 0.4) is 0 Å². The van der Waals surface area contributed by atoms with E-state index in [4.69, 9.17) is 9.15 Å². The molecule has 0 atom stereocenters. The lowest BCUT2D eigenvalue weighted by Gasteiger charge is -2.42. The molecule has 0 amide bonds. The van der Waals surface area contributed by atoms with E-state index in [1.54, 1.807) is 11.8 Å². The molecule has 0 bridgehead atoms. The zero-order chi connectivity index (χ0) is 39.9. The van der Waals surface area contributed by atoms with Crippen molar-refractivity contribution in [3.05, 3.63) is 175 Å². The van der Waals surface area contributed by atoms with Crippen LogP contribution in [-0.4, -0.2) is 11.3 Å². The van der Waals surface area contributed by atoms with Crippen LogP contribution in [0.1, 0.15) is 26.3 Å². The summed E-state index contributed by atoms with van der Waals surface area (Å²) in [6.45, 7) is 6.73. The lowest BCUT2D eigenvalue weighted by Crippen LogP contribution is -2.56. The monoisotopic (exact) mass is 788 g/mol. The second-order valence-electron chi connectivity index (χ2n) is 17.3. The number of fused-ring (bicyclic) bond motifs is 11. The standard InChI is InChI=1S/C54H37BN2O2S/c1-54(2,3)35-25-26-42(39(29-35)33-17-8-5-9-18-33)56-43-31-49-47(58-46-23-12-13-24-48(46)60-49)30-41(43)55-50-40(27-34(28-44(50)56)32-15-6-4-7-16-32)36-20-14-21-38-51(36)57(55)52-37-19-10-11-22-45(37)59-53(38)52/h4-31H,1-3H3. The molecule has 10 aromatic rings.